The molecular weight excluding hydrogens is 181 g/mol. The second-order valence-electron chi connectivity index (χ2n) is 1.90. The highest BCUT2D eigenvalue weighted by atomic mass is 35.7. The number of halogens is 1. The molecule has 0 aliphatic rings. The van der Waals surface area contributed by atoms with Crippen molar-refractivity contribution in [3.63, 3.8) is 0 Å². The number of benzene rings is 1. The molecule has 1 aromatic carbocycles. The van der Waals surface area contributed by atoms with Crippen LogP contribution in [0.2, 0.25) is 0 Å². The van der Waals surface area contributed by atoms with Crippen molar-refractivity contribution in [3.8, 4) is 6.07 Å². The van der Waals surface area contributed by atoms with Gasteiger partial charge in [-0.2, -0.15) is 5.26 Å². The van der Waals surface area contributed by atoms with Crippen LogP contribution in [0.25, 0.3) is 0 Å². The number of nitrogens with zero attached hydrogens (tertiary/aromatic N) is 1. The van der Waals surface area contributed by atoms with Gasteiger partial charge in [0.05, 0.1) is 11.6 Å². The third-order valence-electron chi connectivity index (χ3n) is 1.20. The monoisotopic (exact) mass is 184 g/mol. The lowest BCUT2D eigenvalue weighted by Crippen LogP contribution is -1.91. The van der Waals surface area contributed by atoms with Crippen LogP contribution in [-0.4, -0.2) is 0 Å². The van der Waals surface area contributed by atoms with E-state index in [0.29, 0.717) is 10.9 Å². The Hall–Kier alpha value is -0.900. The minimum Gasteiger partial charge on any atom is -0.192 e. The van der Waals surface area contributed by atoms with Crippen molar-refractivity contribution in [1.82, 2.24) is 0 Å². The lowest BCUT2D eigenvalue weighted by Gasteiger charge is -1.83. The molecule has 0 saturated heterocycles. The molecule has 0 heterocycles. The summed E-state index contributed by atoms with van der Waals surface area (Å²) in [6.45, 7) is 0. The summed E-state index contributed by atoms with van der Waals surface area (Å²) < 4.78 is 10.7. The Morgan fingerprint density at radius 3 is 2.27 bits per heavy atom. The summed E-state index contributed by atoms with van der Waals surface area (Å²) in [5.41, 5.74) is 0.544. The second-order valence-corrected chi connectivity index (χ2v) is 3.83. The van der Waals surface area contributed by atoms with Gasteiger partial charge in [-0.3, -0.25) is 0 Å². The summed E-state index contributed by atoms with van der Waals surface area (Å²) in [7, 11) is -1.80. The van der Waals surface area contributed by atoms with Crippen LogP contribution in [0.5, 0.6) is 0 Å². The summed E-state index contributed by atoms with van der Waals surface area (Å²) >= 11 is 5.33. The maximum absolute atomic E-state index is 10.7. The van der Waals surface area contributed by atoms with Crippen LogP contribution in [0.15, 0.2) is 24.3 Å². The molecule has 0 aliphatic heterocycles. The fourth-order valence-corrected chi connectivity index (χ4v) is 1.37. The van der Waals surface area contributed by atoms with Gasteiger partial charge in [-0.05, 0) is 28.8 Å². The summed E-state index contributed by atoms with van der Waals surface area (Å²) in [5.74, 6) is 0. The van der Waals surface area contributed by atoms with Gasteiger partial charge in [0.25, 0.3) is 0 Å². The summed E-state index contributed by atoms with van der Waals surface area (Å²) in [6.07, 6.45) is 0. The maximum Gasteiger partial charge on any atom is 0.494 e. The first-order valence-electron chi connectivity index (χ1n) is 2.87. The van der Waals surface area contributed by atoms with Crippen molar-refractivity contribution in [2.45, 2.75) is 0 Å². The molecule has 0 N–H and O–H groups in total. The number of hydrogen-bond donors (Lipinski definition) is 0. The Morgan fingerprint density at radius 1 is 1.36 bits per heavy atom. The first kappa shape index (κ1) is 8.20. The standard InChI is InChI=1S/C7H4ClNOP/c8-11(10)7-3-1-6(5-9)2-4-7/h1-4H/q+1. The average Bonchev–Trinajstić information content (AvgIpc) is 2.05. The van der Waals surface area contributed by atoms with E-state index in [0.717, 1.165) is 0 Å². The van der Waals surface area contributed by atoms with Crippen LogP contribution in [0.3, 0.4) is 0 Å². The summed E-state index contributed by atoms with van der Waals surface area (Å²) in [6, 6.07) is 8.31. The van der Waals surface area contributed by atoms with Crippen molar-refractivity contribution >= 4 is 23.7 Å². The van der Waals surface area contributed by atoms with Gasteiger partial charge in [-0.15, -0.1) is 0 Å². The zero-order valence-electron chi connectivity index (χ0n) is 5.49. The lowest BCUT2D eigenvalue weighted by molar-refractivity contribution is 0.600. The van der Waals surface area contributed by atoms with E-state index in [2.05, 4.69) is 0 Å². The SMILES string of the molecule is N#Cc1ccc([P+](=O)Cl)cc1. The van der Waals surface area contributed by atoms with Gasteiger partial charge in [-0.1, -0.05) is 0 Å². The van der Waals surface area contributed by atoms with Crippen LogP contribution in [0, 0.1) is 11.3 Å². The molecule has 0 fully saturated rings. The first-order valence-corrected chi connectivity index (χ1v) is 5.03. The number of hydrogen-bond acceptors (Lipinski definition) is 2. The van der Waals surface area contributed by atoms with E-state index < -0.39 is 7.15 Å². The van der Waals surface area contributed by atoms with Gasteiger partial charge >= 0.3 is 7.15 Å². The van der Waals surface area contributed by atoms with Crippen LogP contribution in [-0.2, 0) is 4.57 Å². The van der Waals surface area contributed by atoms with Gasteiger partial charge in [0, 0.05) is 0 Å². The number of rotatable bonds is 1. The van der Waals surface area contributed by atoms with Gasteiger partial charge in [-0.25, -0.2) is 0 Å². The average molecular weight is 185 g/mol. The molecule has 0 spiro atoms. The van der Waals surface area contributed by atoms with Gasteiger partial charge in [0.1, 0.15) is 0 Å². The molecule has 4 heteroatoms. The molecular formula is C7H4ClNOP+. The van der Waals surface area contributed by atoms with Crippen molar-refractivity contribution in [3.05, 3.63) is 29.8 Å². The van der Waals surface area contributed by atoms with E-state index in [1.165, 1.54) is 0 Å². The molecule has 0 aromatic heterocycles. The van der Waals surface area contributed by atoms with E-state index in [-0.39, 0.29) is 0 Å². The molecule has 1 aromatic rings. The van der Waals surface area contributed by atoms with Crippen LogP contribution < -0.4 is 5.30 Å². The van der Waals surface area contributed by atoms with E-state index in [1.54, 1.807) is 24.3 Å². The number of nitriles is 1. The van der Waals surface area contributed by atoms with Crippen molar-refractivity contribution in [1.29, 1.82) is 5.26 Å². The van der Waals surface area contributed by atoms with Crippen LogP contribution in [0.4, 0.5) is 0 Å². The molecule has 0 bridgehead atoms. The lowest BCUT2D eigenvalue weighted by atomic mass is 10.2. The largest absolute Gasteiger partial charge is 0.494 e. The second kappa shape index (κ2) is 3.48. The zero-order chi connectivity index (χ0) is 8.27. The molecule has 0 amide bonds. The zero-order valence-corrected chi connectivity index (χ0v) is 7.14. The molecule has 2 nitrogen and oxygen atoms in total. The molecule has 1 atom stereocenters. The third kappa shape index (κ3) is 2.01. The smallest absolute Gasteiger partial charge is 0.192 e. The summed E-state index contributed by atoms with van der Waals surface area (Å²) in [5, 5.41) is 8.97. The van der Waals surface area contributed by atoms with E-state index in [9.17, 15) is 4.57 Å². The van der Waals surface area contributed by atoms with Crippen molar-refractivity contribution in [2.24, 2.45) is 0 Å². The maximum atomic E-state index is 10.7. The molecule has 0 aliphatic carbocycles. The Kier molecular flexibility index (Phi) is 2.59. The van der Waals surface area contributed by atoms with E-state index >= 15 is 0 Å². The first-order chi connectivity index (χ1) is 5.24. The van der Waals surface area contributed by atoms with Crippen LogP contribution in [0.1, 0.15) is 5.56 Å². The summed E-state index contributed by atoms with van der Waals surface area (Å²) in [4.78, 5) is 0. The van der Waals surface area contributed by atoms with Crippen molar-refractivity contribution in [2.75, 3.05) is 0 Å². The molecule has 11 heavy (non-hydrogen) atoms. The molecule has 1 unspecified atom stereocenters. The molecule has 1 rings (SSSR count). The Morgan fingerprint density at radius 2 is 1.91 bits per heavy atom. The van der Waals surface area contributed by atoms with Gasteiger partial charge in [0.15, 0.2) is 0 Å². The highest BCUT2D eigenvalue weighted by molar-refractivity contribution is 7.80. The Balaban J connectivity index is 3.03. The fourth-order valence-electron chi connectivity index (χ4n) is 0.653. The molecule has 54 valence electrons. The van der Waals surface area contributed by atoms with E-state index in [4.69, 9.17) is 16.5 Å². The Labute approximate surface area is 70.0 Å². The van der Waals surface area contributed by atoms with E-state index in [1.807, 2.05) is 6.07 Å². The minimum atomic E-state index is -1.80. The van der Waals surface area contributed by atoms with Crippen LogP contribution >= 0.6 is 18.4 Å². The predicted molar refractivity (Wildman–Crippen MR) is 44.3 cm³/mol. The molecule has 0 radical (unpaired) electrons. The fraction of sp³-hybridized carbons (Fsp3) is 0. The quantitative estimate of drug-likeness (QED) is 0.628. The van der Waals surface area contributed by atoms with Gasteiger partial charge in [0.2, 0.25) is 16.5 Å². The van der Waals surface area contributed by atoms with Crippen molar-refractivity contribution < 1.29 is 4.57 Å². The third-order valence-corrected chi connectivity index (χ3v) is 2.49. The minimum absolute atomic E-state index is 0.544. The predicted octanol–water partition coefficient (Wildman–Crippen LogP) is 2.16. The highest BCUT2D eigenvalue weighted by Crippen LogP contribution is 2.24. The Bertz CT molecular complexity index is 314. The highest BCUT2D eigenvalue weighted by Gasteiger charge is 2.14. The molecule has 0 saturated carbocycles. The topological polar surface area (TPSA) is 40.9 Å². The van der Waals surface area contributed by atoms with Gasteiger partial charge < -0.3 is 0 Å². The normalized spacial score (nSPS) is 10.4.